The van der Waals surface area contributed by atoms with Gasteiger partial charge in [0, 0.05) is 122 Å². The Morgan fingerprint density at radius 1 is 0.512 bits per heavy atom. The predicted octanol–water partition coefficient (Wildman–Crippen LogP) is 13.1. The number of phenolic OH excluding ortho intramolecular Hbond substituents is 2. The molecule has 0 atom stereocenters. The van der Waals surface area contributed by atoms with Gasteiger partial charge in [0.15, 0.2) is 46.5 Å². The van der Waals surface area contributed by atoms with Crippen LogP contribution in [-0.4, -0.2) is 185 Å². The first-order chi connectivity index (χ1) is 56.8. The minimum atomic E-state index is -0.783. The van der Waals surface area contributed by atoms with Crippen LogP contribution in [0.4, 0.5) is 0 Å². The first-order valence-corrected chi connectivity index (χ1v) is 41.4. The number of aryl methyl sites for hydroxylation is 7. The third-order valence-corrected chi connectivity index (χ3v) is 20.8. The summed E-state index contributed by atoms with van der Waals surface area (Å²) in [4.78, 5) is 34.1. The number of methoxy groups -OCH3 is 8. The van der Waals surface area contributed by atoms with Gasteiger partial charge in [0.05, 0.1) is 64.4 Å². The van der Waals surface area contributed by atoms with Crippen LogP contribution in [0.15, 0.2) is 127 Å². The van der Waals surface area contributed by atoms with Gasteiger partial charge in [0.1, 0.15) is 52.1 Å². The Hall–Kier alpha value is -6.21. The fourth-order valence-electron chi connectivity index (χ4n) is 10.7. The van der Waals surface area contributed by atoms with E-state index < -0.39 is 10.8 Å². The zero-order chi connectivity index (χ0) is 90.6. The summed E-state index contributed by atoms with van der Waals surface area (Å²) in [6.07, 6.45) is 3.57. The topological polar surface area (TPSA) is 330 Å². The number of hydrogen-bond acceptors (Lipinski definition) is 24. The molecule has 2 aliphatic carbocycles. The summed E-state index contributed by atoms with van der Waals surface area (Å²) in [5, 5.41) is 63.9. The molecule has 32 heteroatoms. The van der Waals surface area contributed by atoms with Crippen molar-refractivity contribution in [2.24, 2.45) is 0 Å². The fourth-order valence-corrected chi connectivity index (χ4v) is 12.6. The number of nitriles is 3. The molecule has 3 N–H and O–H groups in total. The number of rotatable bonds is 30. The van der Waals surface area contributed by atoms with Crippen LogP contribution < -0.4 is 82.8 Å². The van der Waals surface area contributed by atoms with Gasteiger partial charge < -0.3 is 95.1 Å². The van der Waals surface area contributed by atoms with Crippen molar-refractivity contribution >= 4 is 98.6 Å². The Balaban J connectivity index is -0.000000248. The van der Waals surface area contributed by atoms with E-state index in [2.05, 4.69) is 109 Å². The minimum absolute atomic E-state index is 0. The number of phenols is 2. The summed E-state index contributed by atoms with van der Waals surface area (Å²) in [6.45, 7) is 33.6. The van der Waals surface area contributed by atoms with Crippen molar-refractivity contribution in [2.45, 2.75) is 149 Å². The van der Waals surface area contributed by atoms with Crippen molar-refractivity contribution in [3.8, 4) is 58.5 Å². The van der Waals surface area contributed by atoms with Gasteiger partial charge in [-0.15, -0.1) is 12.4 Å². The van der Waals surface area contributed by atoms with E-state index in [0.717, 1.165) is 95.2 Å². The molecule has 0 spiro atoms. The van der Waals surface area contributed by atoms with Gasteiger partial charge in [-0.25, -0.2) is 0 Å². The second-order valence-corrected chi connectivity index (χ2v) is 29.2. The van der Waals surface area contributed by atoms with Crippen LogP contribution in [0.1, 0.15) is 149 Å². The van der Waals surface area contributed by atoms with Crippen molar-refractivity contribution in [1.29, 1.82) is 21.0 Å². The number of nitrogens with zero attached hydrogens (tertiary/aromatic N) is 5. The Bertz CT molecular complexity index is 4150. The maximum atomic E-state index is 11.0. The molecule has 0 heterocycles. The van der Waals surface area contributed by atoms with E-state index in [1.165, 1.54) is 32.3 Å². The number of aromatic hydroxyl groups is 2. The van der Waals surface area contributed by atoms with Gasteiger partial charge in [0.2, 0.25) is 0 Å². The molecular weight excluding hydrogens is 1830 g/mol. The van der Waals surface area contributed by atoms with Gasteiger partial charge in [-0.3, -0.25) is 14.4 Å². The average Bonchev–Trinajstić information content (AvgIpc) is 0.732. The number of alkyl halides is 4. The molecule has 0 amide bonds. The molecule has 24 nitrogen and oxygen atoms in total. The molecule has 9 rings (SSSR count). The zero-order valence-corrected chi connectivity index (χ0v) is 85.9. The van der Waals surface area contributed by atoms with Gasteiger partial charge in [-0.1, -0.05) is 153 Å². The number of ether oxygens (including phenoxy) is 13. The Morgan fingerprint density at radius 2 is 0.846 bits per heavy atom. The van der Waals surface area contributed by atoms with Crippen LogP contribution in [0.2, 0.25) is 0 Å². The van der Waals surface area contributed by atoms with E-state index in [4.69, 9.17) is 101 Å². The quantitative estimate of drug-likeness (QED) is 0.0124. The van der Waals surface area contributed by atoms with E-state index in [9.17, 15) is 24.8 Å². The molecule has 123 heavy (non-hydrogen) atoms. The van der Waals surface area contributed by atoms with Crippen LogP contribution in [0.5, 0.6) is 40.2 Å². The van der Waals surface area contributed by atoms with Crippen LogP contribution in [0, 0.1) is 94.3 Å². The SMILES string of the molecule is CCN(CC)CC.COC(C)(CBr)CBr.COCCl.COCOc1cc(C)ccc1C1(C#N)CC(C)(OC)C1.COCOc1cc(C)ccc1C=O.COCOc1cc(C)ccc1CBr.COCOc1cc(C)ccc1CC#N.COCOc1cc(C)ccc1CO.Cc1ccc(C2(C#N)CC(=O)C2)c(O)c1.Cc1ccc(C=O)c(O)c1.Cl.[B].[C-]#N.[H-].[Na+].[Na+]. The molecule has 2 fully saturated rings. The van der Waals surface area contributed by atoms with Crippen LogP contribution in [0.25, 0.3) is 0 Å². The molecule has 667 valence electrons. The maximum absolute atomic E-state index is 11.0. The predicted molar refractivity (Wildman–Crippen MR) is 489 cm³/mol. The van der Waals surface area contributed by atoms with E-state index in [1.807, 2.05) is 141 Å². The molecule has 2 aliphatic rings. The van der Waals surface area contributed by atoms with Crippen molar-refractivity contribution in [3.63, 3.8) is 0 Å². The number of halogens is 5. The summed E-state index contributed by atoms with van der Waals surface area (Å²) in [6, 6.07) is 46.0. The van der Waals surface area contributed by atoms with E-state index in [0.29, 0.717) is 66.6 Å². The van der Waals surface area contributed by atoms with Gasteiger partial charge in [-0.05, 0) is 188 Å². The molecule has 0 aromatic heterocycles. The normalized spacial score (nSPS) is 13.5. The maximum Gasteiger partial charge on any atom is 1.00 e. The van der Waals surface area contributed by atoms with Crippen LogP contribution in [0.3, 0.4) is 0 Å². The summed E-state index contributed by atoms with van der Waals surface area (Å²) in [5.41, 5.74) is 11.1. The van der Waals surface area contributed by atoms with Crippen LogP contribution >= 0.6 is 71.8 Å². The third-order valence-electron chi connectivity index (χ3n) is 17.6. The number of aliphatic hydroxyl groups excluding tert-OH is 1. The zero-order valence-electron chi connectivity index (χ0n) is 76.6. The van der Waals surface area contributed by atoms with E-state index in [-0.39, 0.29) is 156 Å². The van der Waals surface area contributed by atoms with E-state index >= 15 is 0 Å². The van der Waals surface area contributed by atoms with Crippen molar-refractivity contribution in [2.75, 3.05) is 127 Å². The number of aliphatic hydroxyl groups is 1. The summed E-state index contributed by atoms with van der Waals surface area (Å²) in [7, 11) is 12.8. The molecule has 2 saturated carbocycles. The minimum Gasteiger partial charge on any atom is -1.00 e. The number of hydrogen-bond donors (Lipinski definition) is 3. The smallest absolute Gasteiger partial charge is 1.00 e. The van der Waals surface area contributed by atoms with Gasteiger partial charge >= 0.3 is 59.1 Å². The monoisotopic (exact) mass is 1950 g/mol. The van der Waals surface area contributed by atoms with Crippen molar-refractivity contribution in [1.82, 2.24) is 4.90 Å². The first kappa shape index (κ1) is 128. The third kappa shape index (κ3) is 49.1. The van der Waals surface area contributed by atoms with Crippen LogP contribution in [-0.2, 0) is 71.9 Å². The number of aldehydes is 2. The fraction of sp³-hybridized carbons (Fsp3) is 0.462. The molecular formula is C91H124BBr3Cl2N5Na2O19. The molecule has 0 saturated heterocycles. The molecule has 7 aromatic rings. The number of ketones is 1. The standard InChI is InChI=1S/C16H21NO3.C12H11NO2.C11H13NO2.C10H13BrO2.C10H14O3.C10H12O3.C8H8O2.C6H15N.C5H10Br2O.C2H5ClO.CN.B.ClH.2Na.H/c1-12-5-6-13(14(7-12)20-11-18-3)16(10-17)8-15(2,9-16)19-4;1-8-2-3-10(11(15)4-8)12(7-13)5-9(14)6-12;1-9-3-4-10(5-6-12)11(7-9)14-8-13-2;3*1-8-3-4-9(6-11)10(5-8)13-7-12-2;1-6-2-3-7(5-9)8(10)4-6;1-4-7(5-2)6-3;1-5(3-6,4-7)8-2;1-4-2-3;1-2;;;;;/h5-7H,8-9,11H2,1-4H3;2-4,15H,5-6H2,1H3;3-4,7H,5,8H2,1-2H3;3-5H,6-7H2,1-2H3;3-5,11H,6-7H2,1-2H3;3-6H,7H2,1-2H3;2-5,10H,1H3;4-6H2,1-3H3;3-4H2,1-2H3;2H2,1H3;;;1H;;;/q;;;;;;;;;;-1;;;2*+1;-1. The molecule has 7 aromatic carbocycles. The Kier molecular flexibility index (Phi) is 76.5. The number of Topliss-reactive ketones (excluding diaryl/α,β-unsaturated/α-hetero) is 1. The molecule has 0 aliphatic heterocycles. The van der Waals surface area contributed by atoms with Gasteiger partial charge in [0.25, 0.3) is 0 Å². The van der Waals surface area contributed by atoms with E-state index in [1.54, 1.807) is 86.2 Å². The summed E-state index contributed by atoms with van der Waals surface area (Å²) < 4.78 is 66.0. The Morgan fingerprint density at radius 3 is 1.16 bits per heavy atom. The van der Waals surface area contributed by atoms with Crippen molar-refractivity contribution in [3.05, 3.63) is 212 Å². The Labute approximate surface area is 815 Å². The average molecular weight is 1960 g/mol. The first-order valence-electron chi connectivity index (χ1n) is 37.5. The number of carbonyl (C=O) groups excluding carboxylic acids is 3. The number of carbonyl (C=O) groups is 3. The second-order valence-electron chi connectivity index (χ2n) is 27.3. The van der Waals surface area contributed by atoms with Gasteiger partial charge in [-0.2, -0.15) is 15.8 Å². The second kappa shape index (κ2) is 73.8. The molecule has 3 radical (unpaired) electrons. The summed E-state index contributed by atoms with van der Waals surface area (Å²) >= 11 is 15.0. The molecule has 0 unspecified atom stereocenters. The molecule has 0 bridgehead atoms. The summed E-state index contributed by atoms with van der Waals surface area (Å²) in [5.74, 6) is 3.84. The largest absolute Gasteiger partial charge is 1.00 e. The van der Waals surface area contributed by atoms with Crippen molar-refractivity contribution < 1.29 is 152 Å². The number of benzene rings is 7.